The van der Waals surface area contributed by atoms with E-state index in [1.54, 1.807) is 115 Å². The Labute approximate surface area is 509 Å². The number of hydrogen-bond acceptors (Lipinski definition) is 24. The van der Waals surface area contributed by atoms with Gasteiger partial charge in [-0.05, 0) is 133 Å². The Hall–Kier alpha value is -11.5. The fraction of sp³-hybridized carbons (Fsp3) is 0.232. The number of benzene rings is 3. The minimum absolute atomic E-state index is 0. The molecular weight excluding hydrogens is 1190 g/mol. The van der Waals surface area contributed by atoms with E-state index in [0.29, 0.717) is 23.7 Å². The summed E-state index contributed by atoms with van der Waals surface area (Å²) in [5.74, 6) is -4.04. The minimum Gasteiger partial charge on any atom is -0.504 e. The largest absolute Gasteiger partial charge is 0.504 e. The summed E-state index contributed by atoms with van der Waals surface area (Å²) in [5.41, 5.74) is 0.0830. The van der Waals surface area contributed by atoms with Gasteiger partial charge in [0.05, 0.1) is 20.3 Å². The van der Waals surface area contributed by atoms with Crippen LogP contribution in [0.5, 0.6) is 23.0 Å². The van der Waals surface area contributed by atoms with E-state index in [-0.39, 0.29) is 41.3 Å². The number of aryl methyl sites for hydroxylation is 1. The lowest BCUT2D eigenvalue weighted by Crippen LogP contribution is -2.27. The molecule has 30 nitrogen and oxygen atoms in total. The molecule has 0 aliphatic rings. The molecule has 3 aromatic carbocycles. The molecule has 1 unspecified atom stereocenters. The van der Waals surface area contributed by atoms with Gasteiger partial charge in [0.25, 0.3) is 16.7 Å². The van der Waals surface area contributed by atoms with E-state index in [1.807, 2.05) is 13.0 Å². The predicted molar refractivity (Wildman–Crippen MR) is 315 cm³/mol. The molecule has 7 aromatic rings. The highest BCUT2D eigenvalue weighted by Gasteiger charge is 2.33. The van der Waals surface area contributed by atoms with Crippen LogP contribution in [0.3, 0.4) is 0 Å². The Morgan fingerprint density at radius 3 is 1.59 bits per heavy atom. The fourth-order valence-corrected chi connectivity index (χ4v) is 6.04. The zero-order chi connectivity index (χ0) is 65.9. The third kappa shape index (κ3) is 30.7. The lowest BCUT2D eigenvalue weighted by Gasteiger charge is -2.19. The van der Waals surface area contributed by atoms with Gasteiger partial charge in [-0.3, -0.25) is 34.4 Å². The van der Waals surface area contributed by atoms with Crippen molar-refractivity contribution >= 4 is 63.0 Å². The molecule has 4 aromatic heterocycles. The molecule has 0 radical (unpaired) electrons. The zero-order valence-electron chi connectivity index (χ0n) is 47.0. The number of ether oxygens (including phenoxy) is 2. The van der Waals surface area contributed by atoms with Gasteiger partial charge in [-0.1, -0.05) is 36.7 Å². The fourth-order valence-electron chi connectivity index (χ4n) is 5.44. The molecule has 0 saturated heterocycles. The first-order chi connectivity index (χ1) is 40.8. The number of carbonyl (C=O) groups excluding carboxylic acids is 3. The van der Waals surface area contributed by atoms with Crippen LogP contribution in [0.25, 0.3) is 26.2 Å². The number of nitro benzene ring substituents is 2. The van der Waals surface area contributed by atoms with Crippen molar-refractivity contribution in [3.05, 3.63) is 215 Å². The van der Waals surface area contributed by atoms with Gasteiger partial charge >= 0.3 is 35.9 Å². The molecule has 0 aliphatic heterocycles. The van der Waals surface area contributed by atoms with E-state index >= 15 is 0 Å². The zero-order valence-corrected chi connectivity index (χ0v) is 48.5. The molecule has 0 aliphatic carbocycles. The van der Waals surface area contributed by atoms with E-state index < -0.39 is 83.5 Å². The molecule has 5 N–H and O–H groups in total. The van der Waals surface area contributed by atoms with Crippen LogP contribution in [-0.2, 0) is 35.7 Å². The Morgan fingerprint density at radius 2 is 1.22 bits per heavy atom. The van der Waals surface area contributed by atoms with E-state index in [4.69, 9.17) is 60.8 Å². The Balaban J connectivity index is 0.00000103. The van der Waals surface area contributed by atoms with Crippen molar-refractivity contribution in [2.75, 3.05) is 6.54 Å². The van der Waals surface area contributed by atoms with Crippen molar-refractivity contribution in [2.45, 2.75) is 84.6 Å². The van der Waals surface area contributed by atoms with Crippen molar-refractivity contribution < 1.29 is 67.1 Å². The average Bonchev–Trinajstić information content (AvgIpc) is 3.67. The van der Waals surface area contributed by atoms with Gasteiger partial charge in [-0.15, -0.1) is 20.4 Å². The second-order valence-electron chi connectivity index (χ2n) is 18.2. The van der Waals surface area contributed by atoms with Crippen molar-refractivity contribution in [3.8, 4) is 29.1 Å². The van der Waals surface area contributed by atoms with E-state index in [1.165, 1.54) is 30.6 Å². The summed E-state index contributed by atoms with van der Waals surface area (Å²) in [6.07, 6.45) is 7.73. The van der Waals surface area contributed by atoms with Crippen LogP contribution in [0, 0.1) is 58.2 Å². The van der Waals surface area contributed by atoms with Crippen molar-refractivity contribution in [3.63, 3.8) is 0 Å². The highest BCUT2D eigenvalue weighted by atomic mass is 35.5. The number of nitro groups is 2. The van der Waals surface area contributed by atoms with Crippen molar-refractivity contribution in [2.24, 2.45) is 0 Å². The van der Waals surface area contributed by atoms with Crippen LogP contribution in [-0.4, -0.2) is 120 Å². The first-order valence-electron chi connectivity index (χ1n) is 24.1. The Kier molecular flexibility index (Phi) is 33.3. The van der Waals surface area contributed by atoms with Crippen LogP contribution in [0.4, 0.5) is 11.4 Å². The van der Waals surface area contributed by atoms with Gasteiger partial charge in [-0.25, -0.2) is 29.3 Å². The molecule has 0 bridgehead atoms. The van der Waals surface area contributed by atoms with Gasteiger partial charge in [0.15, 0.2) is 22.3 Å². The van der Waals surface area contributed by atoms with Gasteiger partial charge in [0, 0.05) is 42.5 Å². The van der Waals surface area contributed by atoms with Crippen LogP contribution >= 0.6 is 11.6 Å². The standard InChI is InChI=1S/C13H8N4O4.C11H13N3O2.C7H5NO5.C7H11NO2.C7H8O3S.C6H5N3.C4H3ClN2.CH4/c14-7-9(10-2-1-3-15-16-10)4-8-5-11(17(20)21)13(19)12(18)6-8;1-11(2,3)16-10(15)9(12-4)8-6-5-7-13-14-8;9-3-4-1-5(8(12)13)7(11)6(10)2-4;1-7(2,3)10-6(9)5-8-4;1-6-2-4-7(5-3-6)11(8,9)10;1-7-5-6-3-2-4-8-9-6;5-4-2-1-3-6-7-4;/h1-6,18-19H;5-7,9H,1-3H3;1-3,10-11H;5H2,1-3H3;2-5H,1H3,(H,8,9,10);2-4H,5H2;1-3H;1H4/b9-4+;;;;;;;. The highest BCUT2D eigenvalue weighted by Crippen LogP contribution is 2.37. The van der Waals surface area contributed by atoms with E-state index in [0.717, 1.165) is 35.5 Å². The van der Waals surface area contributed by atoms with Gasteiger partial charge < -0.3 is 39.6 Å². The molecule has 1 atom stereocenters. The van der Waals surface area contributed by atoms with Crippen molar-refractivity contribution in [1.29, 1.82) is 5.26 Å². The van der Waals surface area contributed by atoms with Crippen LogP contribution in [0.2, 0.25) is 5.15 Å². The number of esters is 2. The smallest absolute Gasteiger partial charge is 0.397 e. The second-order valence-corrected chi connectivity index (χ2v) is 20.0. The molecule has 7 rings (SSSR count). The number of halogens is 1. The SMILES string of the molecule is C.Cc1ccc(S(=O)(=O)O)cc1.Clc1cccnn1.N#C/C(=C\c1cc(O)c(O)c([N+](=O)[O-])c1)c1cccnn1.O=Cc1cc(O)c(O)c([N+](=O)[O-])c1.[C-]#[N+]C(C(=O)OC(C)(C)C)c1cccnn1.[C-]#[N+]CC(=O)OC(C)(C)C.[C-]#[N+]Cc1cccnn1. The molecule has 0 spiro atoms. The van der Waals surface area contributed by atoms with Gasteiger partial charge in [0.1, 0.15) is 34.9 Å². The summed E-state index contributed by atoms with van der Waals surface area (Å²) in [7, 11) is -4.02. The number of aromatic hydroxyl groups is 4. The predicted octanol–water partition coefficient (Wildman–Crippen LogP) is 9.61. The first kappa shape index (κ1) is 76.5. The second kappa shape index (κ2) is 38.4. The lowest BCUT2D eigenvalue weighted by molar-refractivity contribution is -0.386. The number of aldehydes is 1. The number of rotatable bonds is 10. The third-order valence-corrected chi connectivity index (χ3v) is 10.1. The van der Waals surface area contributed by atoms with Crippen LogP contribution < -0.4 is 0 Å². The number of phenolic OH excluding ortho intramolecular Hbond substituents is 4. The number of allylic oxidation sites excluding steroid dienone is 1. The summed E-state index contributed by atoms with van der Waals surface area (Å²) in [6, 6.07) is 24.1. The quantitative estimate of drug-likeness (QED) is 0.0124. The monoisotopic (exact) mass is 1250 g/mol. The maximum atomic E-state index is 11.7. The van der Waals surface area contributed by atoms with E-state index in [9.17, 15) is 53.2 Å². The van der Waals surface area contributed by atoms with Gasteiger partial charge in [0.2, 0.25) is 11.5 Å². The summed E-state index contributed by atoms with van der Waals surface area (Å²) in [5, 5.41) is 96.5. The maximum Gasteiger partial charge on any atom is 0.397 e. The molecule has 0 amide bonds. The van der Waals surface area contributed by atoms with Gasteiger partial charge in [-0.2, -0.15) is 34.1 Å². The van der Waals surface area contributed by atoms with Crippen molar-refractivity contribution in [1.82, 2.24) is 40.8 Å². The molecule has 0 fully saturated rings. The third-order valence-electron chi connectivity index (χ3n) is 8.98. The summed E-state index contributed by atoms with van der Waals surface area (Å²) < 4.78 is 39.5. The summed E-state index contributed by atoms with van der Waals surface area (Å²) >= 11 is 5.37. The number of nitrogens with zero attached hydrogens (tertiary/aromatic N) is 14. The van der Waals surface area contributed by atoms with E-state index in [2.05, 4.69) is 55.3 Å². The average molecular weight is 1250 g/mol. The normalized spacial score (nSPS) is 10.4. The van der Waals surface area contributed by atoms with Crippen LogP contribution in [0.1, 0.15) is 93.6 Å². The molecule has 88 heavy (non-hydrogen) atoms. The molecule has 460 valence electrons. The minimum atomic E-state index is -4.02. The molecule has 32 heteroatoms. The first-order valence-corrected chi connectivity index (χ1v) is 25.9. The number of carbonyl (C=O) groups is 3. The summed E-state index contributed by atoms with van der Waals surface area (Å²) in [4.78, 5) is 61.1. The lowest BCUT2D eigenvalue weighted by atomic mass is 10.1. The number of phenols is 4. The summed E-state index contributed by atoms with van der Waals surface area (Å²) in [6.45, 7) is 32.4. The maximum absolute atomic E-state index is 11.7. The Bertz CT molecular complexity index is 3730. The number of aromatic nitrogens is 8. The number of hydrogen-bond donors (Lipinski definition) is 5. The van der Waals surface area contributed by atoms with Crippen LogP contribution in [0.15, 0.2) is 127 Å². The highest BCUT2D eigenvalue weighted by molar-refractivity contribution is 7.85. The topological polar surface area (TPSA) is 431 Å². The molecule has 0 saturated carbocycles. The molecular formula is C56H57ClN14O16S. The molecule has 4 heterocycles. The Morgan fingerprint density at radius 1 is 0.727 bits per heavy atom. The number of nitriles is 1.